The lowest BCUT2D eigenvalue weighted by Crippen LogP contribution is -2.44. The Labute approximate surface area is 179 Å². The molecule has 164 valence electrons. The van der Waals surface area contributed by atoms with Gasteiger partial charge < -0.3 is 20.7 Å². The molecule has 1 aromatic heterocycles. The Morgan fingerprint density at radius 2 is 2.10 bits per heavy atom. The lowest BCUT2D eigenvalue weighted by Gasteiger charge is -2.34. The van der Waals surface area contributed by atoms with Gasteiger partial charge in [0.15, 0.2) is 5.82 Å². The maximum atomic E-state index is 13.1. The van der Waals surface area contributed by atoms with E-state index in [4.69, 9.17) is 10.5 Å². The third-order valence-electron chi connectivity index (χ3n) is 4.98. The number of amides is 2. The van der Waals surface area contributed by atoms with Crippen LogP contribution in [0.25, 0.3) is 0 Å². The van der Waals surface area contributed by atoms with E-state index in [0.29, 0.717) is 25.3 Å². The molecular formula is C21H25FN6O3. The summed E-state index contributed by atoms with van der Waals surface area (Å²) in [5.41, 5.74) is 6.18. The number of carbonyl (C=O) groups excluding carboxylic acids is 2. The molecule has 1 aromatic carbocycles. The molecule has 10 heteroatoms. The first-order chi connectivity index (χ1) is 14.8. The molecule has 0 radical (unpaired) electrons. The van der Waals surface area contributed by atoms with Crippen molar-refractivity contribution in [1.29, 1.82) is 5.26 Å². The fourth-order valence-electron chi connectivity index (χ4n) is 3.38. The Morgan fingerprint density at radius 3 is 2.71 bits per heavy atom. The van der Waals surface area contributed by atoms with E-state index in [2.05, 4.69) is 16.5 Å². The van der Waals surface area contributed by atoms with Gasteiger partial charge in [-0.1, -0.05) is 13.8 Å². The number of nitrogens with zero attached hydrogens (tertiary/aromatic N) is 4. The topological polar surface area (TPSA) is 126 Å². The van der Waals surface area contributed by atoms with Crippen LogP contribution in [0.1, 0.15) is 36.7 Å². The molecule has 3 N–H and O–H groups in total. The average Bonchev–Trinajstić information content (AvgIpc) is 3.17. The lowest BCUT2D eigenvalue weighted by atomic mass is 9.94. The quantitative estimate of drug-likeness (QED) is 0.728. The van der Waals surface area contributed by atoms with Gasteiger partial charge in [0.25, 0.3) is 5.91 Å². The van der Waals surface area contributed by atoms with Crippen molar-refractivity contribution in [2.75, 3.05) is 25.0 Å². The van der Waals surface area contributed by atoms with E-state index < -0.39 is 17.9 Å². The number of anilines is 2. The van der Waals surface area contributed by atoms with Crippen LogP contribution in [0.3, 0.4) is 0 Å². The highest BCUT2D eigenvalue weighted by atomic mass is 19.1. The van der Waals surface area contributed by atoms with Gasteiger partial charge >= 0.3 is 6.09 Å². The first-order valence-electron chi connectivity index (χ1n) is 10.0. The molecular weight excluding hydrogens is 403 g/mol. The summed E-state index contributed by atoms with van der Waals surface area (Å²) in [6.07, 6.45) is 1.52. The number of carbonyl (C=O) groups is 2. The zero-order valence-corrected chi connectivity index (χ0v) is 17.4. The molecule has 0 spiro atoms. The molecule has 1 aliphatic rings. The number of halogens is 1. The number of ether oxygens (including phenoxy) is 1. The Hall–Kier alpha value is -3.61. The van der Waals surface area contributed by atoms with Gasteiger partial charge in [-0.2, -0.15) is 10.4 Å². The Kier molecular flexibility index (Phi) is 6.74. The van der Waals surface area contributed by atoms with Gasteiger partial charge in [0, 0.05) is 25.0 Å². The smallest absolute Gasteiger partial charge is 0.409 e. The highest BCUT2D eigenvalue weighted by molar-refractivity contribution is 5.98. The van der Waals surface area contributed by atoms with Gasteiger partial charge in [0.1, 0.15) is 11.4 Å². The number of hydrogen-bond donors (Lipinski definition) is 2. The fourth-order valence-corrected chi connectivity index (χ4v) is 3.38. The molecule has 0 bridgehead atoms. The number of hydrogen-bond acceptors (Lipinski definition) is 6. The fraction of sp³-hybridized carbons (Fsp3) is 0.429. The van der Waals surface area contributed by atoms with Crippen molar-refractivity contribution in [2.45, 2.75) is 26.3 Å². The van der Waals surface area contributed by atoms with Crippen molar-refractivity contribution in [3.63, 3.8) is 0 Å². The second-order valence-corrected chi connectivity index (χ2v) is 7.88. The van der Waals surface area contributed by atoms with Crippen LogP contribution < -0.4 is 11.1 Å². The molecule has 0 unspecified atom stereocenters. The number of likely N-dealkylation sites (tertiary alicyclic amines) is 1. The highest BCUT2D eigenvalue weighted by Crippen LogP contribution is 2.30. The van der Waals surface area contributed by atoms with Crippen LogP contribution in [0, 0.1) is 29.0 Å². The zero-order chi connectivity index (χ0) is 22.5. The summed E-state index contributed by atoms with van der Waals surface area (Å²) in [6, 6.07) is 7.47. The minimum Gasteiger partial charge on any atom is -0.449 e. The largest absolute Gasteiger partial charge is 0.449 e. The number of benzene rings is 1. The maximum Gasteiger partial charge on any atom is 0.409 e. The molecule has 1 aliphatic heterocycles. The maximum absolute atomic E-state index is 13.1. The number of primary amides is 1. The molecule has 2 atom stereocenters. The molecule has 9 nitrogen and oxygen atoms in total. The van der Waals surface area contributed by atoms with Crippen LogP contribution in [0.4, 0.5) is 20.7 Å². The molecule has 2 heterocycles. The zero-order valence-electron chi connectivity index (χ0n) is 17.4. The lowest BCUT2D eigenvalue weighted by molar-refractivity contribution is 0.0703. The Balaban J connectivity index is 1.77. The van der Waals surface area contributed by atoms with Gasteiger partial charge in [0.2, 0.25) is 0 Å². The minimum atomic E-state index is -0.681. The van der Waals surface area contributed by atoms with E-state index in [-0.39, 0.29) is 35.7 Å². The van der Waals surface area contributed by atoms with E-state index in [1.54, 1.807) is 0 Å². The van der Waals surface area contributed by atoms with Gasteiger partial charge in [-0.25, -0.2) is 9.18 Å². The third-order valence-corrected chi connectivity index (χ3v) is 4.98. The number of rotatable bonds is 6. The van der Waals surface area contributed by atoms with Crippen molar-refractivity contribution < 1.29 is 18.7 Å². The van der Waals surface area contributed by atoms with E-state index in [9.17, 15) is 19.2 Å². The molecule has 2 aromatic rings. The summed E-state index contributed by atoms with van der Waals surface area (Å²) >= 11 is 0. The number of nitrogens with one attached hydrogen (secondary N) is 1. The molecule has 3 rings (SSSR count). The van der Waals surface area contributed by atoms with E-state index in [1.165, 1.54) is 40.0 Å². The number of nitrogens with two attached hydrogens (primary N) is 1. The molecule has 1 fully saturated rings. The normalized spacial score (nSPS) is 18.5. The molecule has 2 amide bonds. The van der Waals surface area contributed by atoms with Crippen molar-refractivity contribution >= 4 is 23.5 Å². The van der Waals surface area contributed by atoms with Crippen molar-refractivity contribution in [3.8, 4) is 6.07 Å². The summed E-state index contributed by atoms with van der Waals surface area (Å²) < 4.78 is 20.0. The molecule has 0 saturated carbocycles. The highest BCUT2D eigenvalue weighted by Gasteiger charge is 2.34. The molecule has 1 saturated heterocycles. The first-order valence-corrected chi connectivity index (χ1v) is 10.0. The second kappa shape index (κ2) is 9.47. The van der Waals surface area contributed by atoms with Crippen LogP contribution in [-0.4, -0.2) is 46.4 Å². The third kappa shape index (κ3) is 5.31. The molecule has 0 aliphatic carbocycles. The van der Waals surface area contributed by atoms with Crippen LogP contribution >= 0.6 is 0 Å². The average molecular weight is 428 g/mol. The molecule has 31 heavy (non-hydrogen) atoms. The second-order valence-electron chi connectivity index (χ2n) is 7.88. The number of nitriles is 1. The summed E-state index contributed by atoms with van der Waals surface area (Å²) in [5, 5.41) is 17.1. The van der Waals surface area contributed by atoms with Gasteiger partial charge in [-0.05, 0) is 36.6 Å². The van der Waals surface area contributed by atoms with Crippen molar-refractivity contribution in [3.05, 3.63) is 41.8 Å². The predicted octanol–water partition coefficient (Wildman–Crippen LogP) is 3.04. The SMILES string of the molecule is CC(C)COC(=O)N1CC[C@H](n2cc(C(N)=O)c(Nc3ccc(F)cc3)n2)[C@@H](C#N)C1. The first kappa shape index (κ1) is 22.1. The van der Waals surface area contributed by atoms with Crippen molar-refractivity contribution in [1.82, 2.24) is 14.7 Å². The number of aromatic nitrogens is 2. The van der Waals surface area contributed by atoms with Crippen LogP contribution in [0.15, 0.2) is 30.5 Å². The number of piperidine rings is 1. The van der Waals surface area contributed by atoms with E-state index >= 15 is 0 Å². The van der Waals surface area contributed by atoms with E-state index in [1.807, 2.05) is 13.8 Å². The monoisotopic (exact) mass is 428 g/mol. The summed E-state index contributed by atoms with van der Waals surface area (Å²) in [7, 11) is 0. The van der Waals surface area contributed by atoms with Crippen LogP contribution in [0.5, 0.6) is 0 Å². The van der Waals surface area contributed by atoms with Crippen molar-refractivity contribution in [2.24, 2.45) is 17.6 Å². The van der Waals surface area contributed by atoms with Crippen LogP contribution in [0.2, 0.25) is 0 Å². The minimum absolute atomic E-state index is 0.153. The Bertz CT molecular complexity index is 982. The summed E-state index contributed by atoms with van der Waals surface area (Å²) in [5.74, 6) is -1.17. The Morgan fingerprint density at radius 1 is 1.39 bits per heavy atom. The summed E-state index contributed by atoms with van der Waals surface area (Å²) in [4.78, 5) is 25.7. The summed E-state index contributed by atoms with van der Waals surface area (Å²) in [6.45, 7) is 4.80. The van der Waals surface area contributed by atoms with Gasteiger partial charge in [0.05, 0.1) is 24.6 Å². The van der Waals surface area contributed by atoms with Gasteiger partial charge in [-0.3, -0.25) is 9.48 Å². The predicted molar refractivity (Wildman–Crippen MR) is 111 cm³/mol. The van der Waals surface area contributed by atoms with Gasteiger partial charge in [-0.15, -0.1) is 0 Å². The standard InChI is InChI=1S/C21H25FN6O3/c1-13(2)12-31-21(30)27-8-7-18(14(9-23)10-27)28-11-17(19(24)29)20(26-28)25-16-5-3-15(22)4-6-16/h3-6,11,13-14,18H,7-8,10,12H2,1-2H3,(H2,24,29)(H,25,26)/t14-,18-/m0/s1. The van der Waals surface area contributed by atoms with Crippen LogP contribution in [-0.2, 0) is 4.74 Å². The van der Waals surface area contributed by atoms with E-state index in [0.717, 1.165) is 0 Å².